The van der Waals surface area contributed by atoms with E-state index in [1.165, 1.54) is 24.3 Å². The van der Waals surface area contributed by atoms with Gasteiger partial charge in [0.1, 0.15) is 5.75 Å². The van der Waals surface area contributed by atoms with Gasteiger partial charge in [0.15, 0.2) is 4.32 Å². The zero-order valence-corrected chi connectivity index (χ0v) is 16.3. The van der Waals surface area contributed by atoms with E-state index in [-0.39, 0.29) is 16.0 Å². The molecule has 0 unspecified atom stereocenters. The van der Waals surface area contributed by atoms with E-state index in [2.05, 4.69) is 5.43 Å². The van der Waals surface area contributed by atoms with E-state index < -0.39 is 5.91 Å². The number of anilines is 1. The van der Waals surface area contributed by atoms with Crippen molar-refractivity contribution in [2.45, 2.75) is 0 Å². The van der Waals surface area contributed by atoms with Gasteiger partial charge in [-0.15, -0.1) is 0 Å². The minimum Gasteiger partial charge on any atom is -0.508 e. The number of thioether (sulfide) groups is 1. The van der Waals surface area contributed by atoms with E-state index in [1.54, 1.807) is 6.08 Å². The molecule has 0 saturated carbocycles. The van der Waals surface area contributed by atoms with Crippen molar-refractivity contribution in [3.05, 3.63) is 64.6 Å². The summed E-state index contributed by atoms with van der Waals surface area (Å²) in [4.78, 5) is 27.3. The van der Waals surface area contributed by atoms with Crippen LogP contribution in [0.1, 0.15) is 15.9 Å². The van der Waals surface area contributed by atoms with Crippen LogP contribution in [0.5, 0.6) is 5.75 Å². The number of carbonyl (C=O) groups excluding carboxylic acids is 2. The molecule has 0 aliphatic carbocycles. The summed E-state index contributed by atoms with van der Waals surface area (Å²) in [6.07, 6.45) is 1.74. The van der Waals surface area contributed by atoms with Crippen molar-refractivity contribution in [3.63, 3.8) is 0 Å². The average molecular weight is 399 g/mol. The molecule has 6 nitrogen and oxygen atoms in total. The highest BCUT2D eigenvalue weighted by Crippen LogP contribution is 2.31. The highest BCUT2D eigenvalue weighted by Gasteiger charge is 2.33. The summed E-state index contributed by atoms with van der Waals surface area (Å²) in [5, 5.41) is 10.4. The van der Waals surface area contributed by atoms with Crippen LogP contribution in [0.4, 0.5) is 5.69 Å². The van der Waals surface area contributed by atoms with Crippen LogP contribution in [-0.2, 0) is 4.79 Å². The number of benzene rings is 2. The maximum atomic E-state index is 12.6. The number of aromatic hydroxyl groups is 1. The number of hydrazine groups is 1. The Morgan fingerprint density at radius 3 is 2.37 bits per heavy atom. The van der Waals surface area contributed by atoms with Crippen molar-refractivity contribution in [2.24, 2.45) is 0 Å². The first kappa shape index (κ1) is 18.9. The van der Waals surface area contributed by atoms with Gasteiger partial charge in [-0.3, -0.25) is 15.0 Å². The van der Waals surface area contributed by atoms with Gasteiger partial charge in [0.2, 0.25) is 0 Å². The summed E-state index contributed by atoms with van der Waals surface area (Å²) < 4.78 is 0.253. The second kappa shape index (κ2) is 7.81. The molecule has 2 aromatic rings. The number of carbonyl (C=O) groups is 2. The fourth-order valence-corrected chi connectivity index (χ4v) is 3.54. The zero-order chi connectivity index (χ0) is 19.6. The van der Waals surface area contributed by atoms with Crippen LogP contribution in [0, 0.1) is 0 Å². The topological polar surface area (TPSA) is 72.9 Å². The van der Waals surface area contributed by atoms with Crippen molar-refractivity contribution in [3.8, 4) is 5.75 Å². The summed E-state index contributed by atoms with van der Waals surface area (Å²) in [5.41, 5.74) is 4.74. The van der Waals surface area contributed by atoms with E-state index in [0.717, 1.165) is 28.0 Å². The molecule has 27 heavy (non-hydrogen) atoms. The molecule has 2 aromatic carbocycles. The van der Waals surface area contributed by atoms with Gasteiger partial charge in [0.05, 0.1) is 4.91 Å². The maximum Gasteiger partial charge on any atom is 0.285 e. The molecular formula is C19H17N3O3S2. The van der Waals surface area contributed by atoms with Gasteiger partial charge in [-0.05, 0) is 60.3 Å². The molecular weight excluding hydrogens is 382 g/mol. The van der Waals surface area contributed by atoms with Crippen LogP contribution in [0.15, 0.2) is 53.4 Å². The Hall–Kier alpha value is -2.84. The average Bonchev–Trinajstić information content (AvgIpc) is 2.90. The SMILES string of the molecule is CN(C)c1ccc(/C=C2\SC(=S)N(NC(=O)c3ccc(O)cc3)C2=O)cc1. The molecule has 2 N–H and O–H groups in total. The predicted molar refractivity (Wildman–Crippen MR) is 111 cm³/mol. The maximum absolute atomic E-state index is 12.6. The third-order valence-electron chi connectivity index (χ3n) is 3.84. The molecule has 0 bridgehead atoms. The summed E-state index contributed by atoms with van der Waals surface area (Å²) in [5.74, 6) is -0.808. The molecule has 3 rings (SSSR count). The van der Waals surface area contributed by atoms with Gasteiger partial charge in [-0.2, -0.15) is 5.01 Å². The molecule has 0 atom stereocenters. The molecule has 1 saturated heterocycles. The second-order valence-electron chi connectivity index (χ2n) is 5.99. The molecule has 1 aliphatic heterocycles. The lowest BCUT2D eigenvalue weighted by atomic mass is 10.2. The number of nitrogens with zero attached hydrogens (tertiary/aromatic N) is 2. The Kier molecular flexibility index (Phi) is 5.48. The van der Waals surface area contributed by atoms with Crippen LogP contribution in [0.3, 0.4) is 0 Å². The number of thiocarbonyl (C=S) groups is 1. The molecule has 1 aliphatic rings. The summed E-state index contributed by atoms with van der Waals surface area (Å²) in [7, 11) is 3.91. The van der Waals surface area contributed by atoms with Crippen LogP contribution in [0.25, 0.3) is 6.08 Å². The first-order valence-corrected chi connectivity index (χ1v) is 9.23. The van der Waals surface area contributed by atoms with E-state index in [9.17, 15) is 14.7 Å². The zero-order valence-electron chi connectivity index (χ0n) is 14.7. The Labute approximate surface area is 166 Å². The van der Waals surface area contributed by atoms with Gasteiger partial charge in [0.25, 0.3) is 11.8 Å². The molecule has 138 valence electrons. The van der Waals surface area contributed by atoms with Gasteiger partial charge in [0, 0.05) is 25.3 Å². The number of hydrogen-bond acceptors (Lipinski definition) is 6. The monoisotopic (exact) mass is 399 g/mol. The van der Waals surface area contributed by atoms with Crippen LogP contribution in [0.2, 0.25) is 0 Å². The standard InChI is InChI=1S/C19H17N3O3S2/c1-21(2)14-7-3-12(4-8-14)11-16-18(25)22(19(26)27-16)20-17(24)13-5-9-15(23)10-6-13/h3-11,23H,1-2H3,(H,20,24)/b16-11-. The van der Waals surface area contributed by atoms with Crippen molar-refractivity contribution in [1.29, 1.82) is 0 Å². The number of nitrogens with one attached hydrogen (secondary N) is 1. The molecule has 2 amide bonds. The molecule has 0 spiro atoms. The highest BCUT2D eigenvalue weighted by atomic mass is 32.2. The fourth-order valence-electron chi connectivity index (χ4n) is 2.36. The van der Waals surface area contributed by atoms with Gasteiger partial charge >= 0.3 is 0 Å². The lowest BCUT2D eigenvalue weighted by Gasteiger charge is -2.15. The Morgan fingerprint density at radius 1 is 1.15 bits per heavy atom. The third-order valence-corrected chi connectivity index (χ3v) is 5.15. The molecule has 8 heteroatoms. The van der Waals surface area contributed by atoms with Crippen molar-refractivity contribution in [1.82, 2.24) is 10.4 Å². The Bertz CT molecular complexity index is 922. The summed E-state index contributed by atoms with van der Waals surface area (Å²) in [6, 6.07) is 13.5. The van der Waals surface area contributed by atoms with E-state index in [0.29, 0.717) is 10.5 Å². The van der Waals surface area contributed by atoms with Gasteiger partial charge in [-0.25, -0.2) is 0 Å². The number of amides is 2. The first-order valence-electron chi connectivity index (χ1n) is 8.00. The summed E-state index contributed by atoms with van der Waals surface area (Å²) >= 11 is 6.35. The van der Waals surface area contributed by atoms with E-state index in [4.69, 9.17) is 12.2 Å². The van der Waals surface area contributed by atoms with Crippen molar-refractivity contribution in [2.75, 3.05) is 19.0 Å². The Morgan fingerprint density at radius 2 is 1.78 bits per heavy atom. The predicted octanol–water partition coefficient (Wildman–Crippen LogP) is 3.00. The fraction of sp³-hybridized carbons (Fsp3) is 0.105. The van der Waals surface area contributed by atoms with Crippen LogP contribution < -0.4 is 10.3 Å². The number of phenolic OH excluding ortho intramolecular Hbond substituents is 1. The van der Waals surface area contributed by atoms with Gasteiger partial charge in [-0.1, -0.05) is 23.9 Å². The smallest absolute Gasteiger partial charge is 0.285 e. The van der Waals surface area contributed by atoms with Crippen molar-refractivity contribution < 1.29 is 14.7 Å². The minimum atomic E-state index is -0.483. The quantitative estimate of drug-likeness (QED) is 0.608. The lowest BCUT2D eigenvalue weighted by Crippen LogP contribution is -2.44. The Balaban J connectivity index is 1.74. The highest BCUT2D eigenvalue weighted by molar-refractivity contribution is 8.26. The van der Waals surface area contributed by atoms with Crippen LogP contribution >= 0.6 is 24.0 Å². The first-order chi connectivity index (χ1) is 12.8. The normalized spacial score (nSPS) is 15.3. The largest absolute Gasteiger partial charge is 0.508 e. The third kappa shape index (κ3) is 4.29. The second-order valence-corrected chi connectivity index (χ2v) is 7.67. The van der Waals surface area contributed by atoms with Gasteiger partial charge < -0.3 is 10.0 Å². The van der Waals surface area contributed by atoms with Crippen LogP contribution in [-0.4, -0.2) is 40.3 Å². The molecule has 0 radical (unpaired) electrons. The summed E-state index contributed by atoms with van der Waals surface area (Å²) in [6.45, 7) is 0. The minimum absolute atomic E-state index is 0.0559. The van der Waals surface area contributed by atoms with E-state index in [1.807, 2.05) is 43.3 Å². The van der Waals surface area contributed by atoms with Crippen molar-refractivity contribution >= 4 is 51.9 Å². The molecule has 1 heterocycles. The molecule has 0 aromatic heterocycles. The molecule has 1 fully saturated rings. The lowest BCUT2D eigenvalue weighted by molar-refractivity contribution is -0.123. The van der Waals surface area contributed by atoms with E-state index >= 15 is 0 Å². The number of hydrogen-bond donors (Lipinski definition) is 2. The number of rotatable bonds is 4. The number of phenols is 1.